The normalized spacial score (nSPS) is 10.3. The molecule has 0 saturated carbocycles. The second-order valence-corrected chi connectivity index (χ2v) is 3.00. The van der Waals surface area contributed by atoms with Crippen LogP contribution < -0.4 is 11.5 Å². The Hall–Kier alpha value is -2.10. The van der Waals surface area contributed by atoms with Crippen molar-refractivity contribution in [2.75, 3.05) is 5.73 Å². The van der Waals surface area contributed by atoms with Crippen molar-refractivity contribution in [3.8, 4) is 0 Å². The Bertz CT molecular complexity index is 508. The molecule has 0 aliphatic carbocycles. The summed E-state index contributed by atoms with van der Waals surface area (Å²) in [6.45, 7) is 0. The number of rotatable bonds is 1. The molecule has 1 aromatic carbocycles. The van der Waals surface area contributed by atoms with Crippen molar-refractivity contribution in [2.24, 2.45) is 5.73 Å². The minimum atomic E-state index is -0.484. The van der Waals surface area contributed by atoms with E-state index in [1.165, 1.54) is 6.07 Å². The Morgan fingerprint density at radius 2 is 2.14 bits per heavy atom. The van der Waals surface area contributed by atoms with Gasteiger partial charge in [0.2, 0.25) is 5.91 Å². The molecule has 2 rings (SSSR count). The third-order valence-corrected chi connectivity index (χ3v) is 2.02. The van der Waals surface area contributed by atoms with E-state index in [0.717, 1.165) is 5.39 Å². The van der Waals surface area contributed by atoms with E-state index < -0.39 is 5.91 Å². The zero-order chi connectivity index (χ0) is 10.1. The molecule has 0 fully saturated rings. The lowest BCUT2D eigenvalue weighted by Gasteiger charge is -2.02. The molecular weight excluding hydrogens is 178 g/mol. The van der Waals surface area contributed by atoms with Crippen LogP contribution in [-0.2, 0) is 0 Å². The number of pyridine rings is 1. The molecule has 1 heterocycles. The second-order valence-electron chi connectivity index (χ2n) is 3.00. The van der Waals surface area contributed by atoms with Gasteiger partial charge in [-0.2, -0.15) is 0 Å². The summed E-state index contributed by atoms with van der Waals surface area (Å²) in [5, 5.41) is 0.821. The molecular formula is C10H9N3O. The van der Waals surface area contributed by atoms with Crippen LogP contribution >= 0.6 is 0 Å². The zero-order valence-electron chi connectivity index (χ0n) is 7.40. The van der Waals surface area contributed by atoms with Gasteiger partial charge in [-0.15, -0.1) is 0 Å². The standard InChI is InChI=1S/C10H9N3O/c11-8-5-7(10(12)14)4-6-2-1-3-13-9(6)8/h1-5H,11H2,(H2,12,14). The molecule has 0 atom stereocenters. The Kier molecular flexibility index (Phi) is 1.81. The molecule has 4 nitrogen and oxygen atoms in total. The number of aromatic nitrogens is 1. The average molecular weight is 187 g/mol. The number of nitrogens with zero attached hydrogens (tertiary/aromatic N) is 1. The molecule has 0 radical (unpaired) electrons. The molecule has 70 valence electrons. The van der Waals surface area contributed by atoms with E-state index in [1.54, 1.807) is 18.3 Å². The molecule has 0 aliphatic rings. The van der Waals surface area contributed by atoms with Gasteiger partial charge in [-0.1, -0.05) is 6.07 Å². The summed E-state index contributed by atoms with van der Waals surface area (Å²) in [6, 6.07) is 6.84. The van der Waals surface area contributed by atoms with Crippen LogP contribution in [-0.4, -0.2) is 10.9 Å². The lowest BCUT2D eigenvalue weighted by atomic mass is 10.1. The van der Waals surface area contributed by atoms with E-state index in [9.17, 15) is 4.79 Å². The Morgan fingerprint density at radius 1 is 1.36 bits per heavy atom. The number of benzene rings is 1. The van der Waals surface area contributed by atoms with Crippen LogP contribution in [0.5, 0.6) is 0 Å². The lowest BCUT2D eigenvalue weighted by molar-refractivity contribution is 0.100. The van der Waals surface area contributed by atoms with Crippen molar-refractivity contribution in [1.29, 1.82) is 0 Å². The van der Waals surface area contributed by atoms with Crippen LogP contribution in [0.25, 0.3) is 10.9 Å². The topological polar surface area (TPSA) is 82.0 Å². The zero-order valence-corrected chi connectivity index (χ0v) is 7.40. The smallest absolute Gasteiger partial charge is 0.248 e. The molecule has 1 amide bonds. The third-order valence-electron chi connectivity index (χ3n) is 2.02. The first-order valence-corrected chi connectivity index (χ1v) is 4.12. The predicted octanol–water partition coefficient (Wildman–Crippen LogP) is 0.916. The summed E-state index contributed by atoms with van der Waals surface area (Å²) in [6.07, 6.45) is 1.66. The molecule has 0 spiro atoms. The number of nitrogens with two attached hydrogens (primary N) is 2. The van der Waals surface area contributed by atoms with E-state index in [-0.39, 0.29) is 0 Å². The first-order valence-electron chi connectivity index (χ1n) is 4.12. The Labute approximate surface area is 80.5 Å². The van der Waals surface area contributed by atoms with Crippen LogP contribution in [0.1, 0.15) is 10.4 Å². The predicted molar refractivity (Wildman–Crippen MR) is 54.7 cm³/mol. The fourth-order valence-corrected chi connectivity index (χ4v) is 1.36. The van der Waals surface area contributed by atoms with E-state index >= 15 is 0 Å². The fraction of sp³-hybridized carbons (Fsp3) is 0. The van der Waals surface area contributed by atoms with Crippen LogP contribution in [0.2, 0.25) is 0 Å². The summed E-state index contributed by atoms with van der Waals surface area (Å²) in [5.74, 6) is -0.484. The summed E-state index contributed by atoms with van der Waals surface area (Å²) >= 11 is 0. The second kappa shape index (κ2) is 2.99. The van der Waals surface area contributed by atoms with E-state index in [2.05, 4.69) is 4.98 Å². The minimum Gasteiger partial charge on any atom is -0.397 e. The molecule has 0 saturated heterocycles. The van der Waals surface area contributed by atoms with Crippen LogP contribution in [0.15, 0.2) is 30.5 Å². The number of fused-ring (bicyclic) bond motifs is 1. The quantitative estimate of drug-likeness (QED) is 0.651. The van der Waals surface area contributed by atoms with Crippen molar-refractivity contribution < 1.29 is 4.79 Å². The monoisotopic (exact) mass is 187 g/mol. The van der Waals surface area contributed by atoms with Gasteiger partial charge in [-0.3, -0.25) is 9.78 Å². The molecule has 4 heteroatoms. The number of anilines is 1. The van der Waals surface area contributed by atoms with Gasteiger partial charge in [0.1, 0.15) is 0 Å². The van der Waals surface area contributed by atoms with Gasteiger partial charge in [0, 0.05) is 17.1 Å². The van der Waals surface area contributed by atoms with Gasteiger partial charge in [0.05, 0.1) is 11.2 Å². The highest BCUT2D eigenvalue weighted by molar-refractivity contribution is 6.00. The third kappa shape index (κ3) is 1.26. The SMILES string of the molecule is NC(=O)c1cc(N)c2ncccc2c1. The lowest BCUT2D eigenvalue weighted by Crippen LogP contribution is -2.11. The number of nitrogen functional groups attached to an aromatic ring is 1. The van der Waals surface area contributed by atoms with Crippen molar-refractivity contribution in [3.05, 3.63) is 36.0 Å². The summed E-state index contributed by atoms with van der Waals surface area (Å²) in [5.41, 5.74) is 12.5. The number of hydrogen-bond acceptors (Lipinski definition) is 3. The van der Waals surface area contributed by atoms with Crippen LogP contribution in [0, 0.1) is 0 Å². The maximum Gasteiger partial charge on any atom is 0.248 e. The van der Waals surface area contributed by atoms with Gasteiger partial charge in [0.15, 0.2) is 0 Å². The fourth-order valence-electron chi connectivity index (χ4n) is 1.36. The highest BCUT2D eigenvalue weighted by Crippen LogP contribution is 2.20. The van der Waals surface area contributed by atoms with Gasteiger partial charge < -0.3 is 11.5 Å². The number of amides is 1. The molecule has 14 heavy (non-hydrogen) atoms. The molecule has 0 bridgehead atoms. The molecule has 1 aromatic heterocycles. The van der Waals surface area contributed by atoms with E-state index in [1.807, 2.05) is 6.07 Å². The van der Waals surface area contributed by atoms with Crippen LogP contribution in [0.4, 0.5) is 5.69 Å². The average Bonchev–Trinajstić information content (AvgIpc) is 2.17. The van der Waals surface area contributed by atoms with Crippen LogP contribution in [0.3, 0.4) is 0 Å². The number of carbonyl (C=O) groups excluding carboxylic acids is 1. The first-order chi connectivity index (χ1) is 6.68. The first kappa shape index (κ1) is 8.50. The molecule has 0 aliphatic heterocycles. The van der Waals surface area contributed by atoms with Gasteiger partial charge in [0.25, 0.3) is 0 Å². The molecule has 4 N–H and O–H groups in total. The van der Waals surface area contributed by atoms with Gasteiger partial charge >= 0.3 is 0 Å². The molecule has 0 unspecified atom stereocenters. The van der Waals surface area contributed by atoms with E-state index in [0.29, 0.717) is 16.8 Å². The maximum absolute atomic E-state index is 10.9. The summed E-state index contributed by atoms with van der Waals surface area (Å²) in [4.78, 5) is 15.0. The summed E-state index contributed by atoms with van der Waals surface area (Å²) < 4.78 is 0. The minimum absolute atomic E-state index is 0.406. The van der Waals surface area contributed by atoms with Crippen molar-refractivity contribution in [3.63, 3.8) is 0 Å². The Balaban J connectivity index is 2.78. The highest BCUT2D eigenvalue weighted by atomic mass is 16.1. The highest BCUT2D eigenvalue weighted by Gasteiger charge is 2.05. The summed E-state index contributed by atoms with van der Waals surface area (Å²) in [7, 11) is 0. The van der Waals surface area contributed by atoms with Crippen molar-refractivity contribution >= 4 is 22.5 Å². The largest absolute Gasteiger partial charge is 0.397 e. The number of primary amides is 1. The maximum atomic E-state index is 10.9. The number of carbonyl (C=O) groups is 1. The molecule has 2 aromatic rings. The van der Waals surface area contributed by atoms with Gasteiger partial charge in [-0.05, 0) is 18.2 Å². The van der Waals surface area contributed by atoms with Crippen molar-refractivity contribution in [1.82, 2.24) is 4.98 Å². The number of hydrogen-bond donors (Lipinski definition) is 2. The Morgan fingerprint density at radius 3 is 2.86 bits per heavy atom. The van der Waals surface area contributed by atoms with Crippen molar-refractivity contribution in [2.45, 2.75) is 0 Å². The van der Waals surface area contributed by atoms with Gasteiger partial charge in [-0.25, -0.2) is 0 Å². The van der Waals surface area contributed by atoms with E-state index in [4.69, 9.17) is 11.5 Å².